The summed E-state index contributed by atoms with van der Waals surface area (Å²) < 4.78 is 29.5. The van der Waals surface area contributed by atoms with Crippen molar-refractivity contribution in [1.29, 1.82) is 0 Å². The summed E-state index contributed by atoms with van der Waals surface area (Å²) in [4.78, 5) is 13.8. The molecular weight excluding hydrogens is 868 g/mol. The van der Waals surface area contributed by atoms with E-state index in [9.17, 15) is 71.2 Å². The number of carbonyl (C=O) groups excluding carboxylic acids is 1. The lowest BCUT2D eigenvalue weighted by Crippen LogP contribution is -2.67. The van der Waals surface area contributed by atoms with Gasteiger partial charge in [-0.3, -0.25) is 4.79 Å². The summed E-state index contributed by atoms with van der Waals surface area (Å²) in [7, 11) is 0. The summed E-state index contributed by atoms with van der Waals surface area (Å²) in [5.74, 6) is -0.824. The van der Waals surface area contributed by atoms with Gasteiger partial charge in [0.15, 0.2) is 12.6 Å². The van der Waals surface area contributed by atoms with E-state index in [-0.39, 0.29) is 37.9 Å². The van der Waals surface area contributed by atoms with Crippen molar-refractivity contribution >= 4 is 5.97 Å². The van der Waals surface area contributed by atoms with E-state index in [0.717, 1.165) is 11.1 Å². The summed E-state index contributed by atoms with van der Waals surface area (Å²) in [6, 6.07) is 0. The molecule has 3 saturated carbocycles. The van der Waals surface area contributed by atoms with Crippen molar-refractivity contribution < 1.29 is 94.9 Å². The van der Waals surface area contributed by atoms with Gasteiger partial charge in [-0.25, -0.2) is 0 Å². The van der Waals surface area contributed by atoms with Gasteiger partial charge in [0.25, 0.3) is 0 Å². The monoisotopic (exact) mass is 944 g/mol. The van der Waals surface area contributed by atoms with Gasteiger partial charge in [0, 0.05) is 16.2 Å². The number of rotatable bonds is 13. The van der Waals surface area contributed by atoms with Crippen LogP contribution in [0.2, 0.25) is 0 Å². The van der Waals surface area contributed by atoms with Crippen LogP contribution >= 0.6 is 0 Å². The normalized spacial score (nSPS) is 50.6. The number of hydrogen-bond donors (Lipinski definition) is 13. The first kappa shape index (κ1) is 52.1. The van der Waals surface area contributed by atoms with Crippen molar-refractivity contribution in [2.45, 2.75) is 185 Å². The molecular formula is C47H76O19. The first-order chi connectivity index (χ1) is 30.9. The van der Waals surface area contributed by atoms with Crippen LogP contribution in [0.5, 0.6) is 0 Å². The molecule has 0 aromatic heterocycles. The maximum atomic E-state index is 13.8. The number of allylic oxidation sites excluding steroid dienone is 3. The third-order valence-corrected chi connectivity index (χ3v) is 18.5. The van der Waals surface area contributed by atoms with Gasteiger partial charge in [-0.15, -0.1) is 0 Å². The number of carbonyl (C=O) groups is 1. The Morgan fingerprint density at radius 2 is 1.47 bits per heavy atom. The Kier molecular flexibility index (Phi) is 14.8. The minimum absolute atomic E-state index is 0.0658. The fraction of sp³-hybridized carbons (Fsp3) is 0.894. The van der Waals surface area contributed by atoms with E-state index >= 15 is 0 Å². The smallest absolute Gasteiger partial charge is 0.312 e. The largest absolute Gasteiger partial charge is 0.462 e. The third kappa shape index (κ3) is 8.06. The van der Waals surface area contributed by atoms with Crippen LogP contribution in [0.4, 0.5) is 0 Å². The molecule has 0 radical (unpaired) electrons. The SMILES string of the molecule is CC1OC(OC2CCC3(C)C(CCC4(C)C3C=CC3=C5CC(C)(C(=O)OCC(O)C(O)C(O)CO)CCC5(CO)C(O)CC34C)C2(C)CO)C(O)C(OC2OC(CO)C(O)C(O)C2O)C1O. The highest BCUT2D eigenvalue weighted by Crippen LogP contribution is 2.74. The first-order valence-corrected chi connectivity index (χ1v) is 23.7. The van der Waals surface area contributed by atoms with Gasteiger partial charge < -0.3 is 90.1 Å². The van der Waals surface area contributed by atoms with Crippen molar-refractivity contribution in [2.75, 3.05) is 33.0 Å². The van der Waals surface area contributed by atoms with E-state index < -0.39 is 150 Å². The molecule has 0 bridgehead atoms. The average Bonchev–Trinajstić information content (AvgIpc) is 3.29. The highest BCUT2D eigenvalue weighted by atomic mass is 16.7. The molecule has 0 aromatic carbocycles. The quantitative estimate of drug-likeness (QED) is 0.0721. The number of fused-ring (bicyclic) bond motifs is 6. The molecule has 5 fully saturated rings. The molecule has 66 heavy (non-hydrogen) atoms. The van der Waals surface area contributed by atoms with Crippen LogP contribution < -0.4 is 0 Å². The summed E-state index contributed by atoms with van der Waals surface area (Å²) >= 11 is 0. The maximum absolute atomic E-state index is 13.8. The molecule has 378 valence electrons. The van der Waals surface area contributed by atoms with E-state index in [4.69, 9.17) is 23.7 Å². The fourth-order valence-electron chi connectivity index (χ4n) is 13.9. The molecule has 0 amide bonds. The number of aliphatic hydroxyl groups is 13. The molecule has 13 N–H and O–H groups in total. The van der Waals surface area contributed by atoms with Crippen molar-refractivity contribution in [3.63, 3.8) is 0 Å². The molecule has 0 spiro atoms. The molecule has 5 aliphatic carbocycles. The van der Waals surface area contributed by atoms with Crippen LogP contribution in [-0.2, 0) is 28.5 Å². The molecule has 0 aromatic rings. The van der Waals surface area contributed by atoms with Gasteiger partial charge in [-0.1, -0.05) is 45.4 Å². The lowest BCUT2D eigenvalue weighted by Gasteiger charge is -2.70. The fourth-order valence-corrected chi connectivity index (χ4v) is 13.9. The number of hydrogen-bond acceptors (Lipinski definition) is 19. The van der Waals surface area contributed by atoms with Crippen molar-refractivity contribution in [3.05, 3.63) is 23.3 Å². The Labute approximate surface area is 385 Å². The number of ether oxygens (including phenoxy) is 5. The topological polar surface area (TPSA) is 326 Å². The second kappa shape index (κ2) is 18.8. The standard InChI is InChI=1S/C47H76O19/c1-22-32(55)38(66-39-36(59)35(58)34(57)27(18-49)64-39)37(60)40(63-22)65-31-10-11-43(3)28(44(31,4)20-50)9-12-45(5)29(43)8-7-23-24-15-42(2,41(61)62-19-26(53)33(56)25(52)17-48)13-14-47(24,21-51)30(54)16-46(23,45)6/h7-8,22,25-40,48-60H,9-21H2,1-6H3. The minimum Gasteiger partial charge on any atom is -0.462 e. The predicted molar refractivity (Wildman–Crippen MR) is 229 cm³/mol. The Hall–Kier alpha value is -1.73. The van der Waals surface area contributed by atoms with E-state index in [2.05, 4.69) is 32.9 Å². The second-order valence-electron chi connectivity index (χ2n) is 22.1. The summed E-state index contributed by atoms with van der Waals surface area (Å²) in [5.41, 5.74) is -2.75. The van der Waals surface area contributed by atoms with Crippen LogP contribution in [0.15, 0.2) is 23.3 Å². The van der Waals surface area contributed by atoms with E-state index in [1.54, 1.807) is 13.8 Å². The van der Waals surface area contributed by atoms with Crippen LogP contribution in [0.3, 0.4) is 0 Å². The highest BCUT2D eigenvalue weighted by Gasteiger charge is 2.69. The molecule has 7 aliphatic rings. The highest BCUT2D eigenvalue weighted by molar-refractivity contribution is 5.77. The number of aliphatic hydroxyl groups excluding tert-OH is 13. The Morgan fingerprint density at radius 1 is 0.788 bits per heavy atom. The minimum atomic E-state index is -1.78. The van der Waals surface area contributed by atoms with Gasteiger partial charge in [0.05, 0.1) is 50.2 Å². The Balaban J connectivity index is 1.14. The van der Waals surface area contributed by atoms with Gasteiger partial charge >= 0.3 is 5.97 Å². The van der Waals surface area contributed by atoms with Crippen molar-refractivity contribution in [2.24, 2.45) is 44.3 Å². The Morgan fingerprint density at radius 3 is 2.11 bits per heavy atom. The molecule has 19 heteroatoms. The Bertz CT molecular complexity index is 1810. The first-order valence-electron chi connectivity index (χ1n) is 23.7. The molecule has 23 atom stereocenters. The van der Waals surface area contributed by atoms with Gasteiger partial charge in [-0.05, 0) is 93.5 Å². The molecule has 23 unspecified atom stereocenters. The molecule has 2 heterocycles. The second-order valence-corrected chi connectivity index (χ2v) is 22.1. The maximum Gasteiger partial charge on any atom is 0.312 e. The molecule has 19 nitrogen and oxygen atoms in total. The molecule has 7 rings (SSSR count). The van der Waals surface area contributed by atoms with Crippen LogP contribution in [0.1, 0.15) is 92.9 Å². The van der Waals surface area contributed by atoms with Crippen molar-refractivity contribution in [1.82, 2.24) is 0 Å². The summed E-state index contributed by atoms with van der Waals surface area (Å²) in [6.45, 7) is 9.21. The zero-order chi connectivity index (χ0) is 48.7. The van der Waals surface area contributed by atoms with Gasteiger partial charge in [-0.2, -0.15) is 0 Å². The lowest BCUT2D eigenvalue weighted by molar-refractivity contribution is -0.367. The summed E-state index contributed by atoms with van der Waals surface area (Å²) in [6.07, 6.45) is -13.7. The third-order valence-electron chi connectivity index (χ3n) is 18.5. The van der Waals surface area contributed by atoms with E-state index in [1.807, 2.05) is 6.92 Å². The number of esters is 1. The lowest BCUT2D eigenvalue weighted by atomic mass is 9.35. The van der Waals surface area contributed by atoms with Crippen molar-refractivity contribution in [3.8, 4) is 0 Å². The predicted octanol–water partition coefficient (Wildman–Crippen LogP) is -1.72. The zero-order valence-corrected chi connectivity index (χ0v) is 38.9. The van der Waals surface area contributed by atoms with Gasteiger partial charge in [0.2, 0.25) is 0 Å². The van der Waals surface area contributed by atoms with Crippen LogP contribution in [0.25, 0.3) is 0 Å². The molecule has 2 aliphatic heterocycles. The summed E-state index contributed by atoms with van der Waals surface area (Å²) in [5, 5.41) is 138. The average molecular weight is 945 g/mol. The van der Waals surface area contributed by atoms with Gasteiger partial charge in [0.1, 0.15) is 67.6 Å². The van der Waals surface area contributed by atoms with E-state index in [1.165, 1.54) is 0 Å². The zero-order valence-electron chi connectivity index (χ0n) is 38.9. The van der Waals surface area contributed by atoms with E-state index in [0.29, 0.717) is 38.5 Å². The van der Waals surface area contributed by atoms with Crippen LogP contribution in [-0.4, -0.2) is 197 Å². The van der Waals surface area contributed by atoms with Crippen LogP contribution in [0, 0.1) is 44.3 Å². The molecule has 2 saturated heterocycles.